The Kier molecular flexibility index (Phi) is 5.40. The molecule has 0 saturated heterocycles. The number of aromatic nitrogens is 2. The quantitative estimate of drug-likeness (QED) is 0.583. The number of allylic oxidation sites excluding steroid dienone is 1. The Balaban J connectivity index is 1.83. The molecule has 0 aliphatic carbocycles. The van der Waals surface area contributed by atoms with Crippen molar-refractivity contribution < 1.29 is 9.47 Å². The van der Waals surface area contributed by atoms with Crippen LogP contribution in [0.4, 0.5) is 0 Å². The van der Waals surface area contributed by atoms with E-state index in [1.54, 1.807) is 11.7 Å². The number of ether oxygens (including phenoxy) is 2. The molecule has 0 aliphatic heterocycles. The summed E-state index contributed by atoms with van der Waals surface area (Å²) in [7, 11) is 1.62. The van der Waals surface area contributed by atoms with Crippen molar-refractivity contribution in [3.05, 3.63) is 64.6 Å². The monoisotopic (exact) mass is 366 g/mol. The van der Waals surface area contributed by atoms with Crippen LogP contribution in [0.25, 0.3) is 16.7 Å². The van der Waals surface area contributed by atoms with Gasteiger partial charge in [0.05, 0.1) is 24.8 Å². The normalized spacial score (nSPS) is 11.0. The summed E-state index contributed by atoms with van der Waals surface area (Å²) >= 11 is 0. The Morgan fingerprint density at radius 2 is 1.70 bits per heavy atom. The number of aryl methyl sites for hydroxylation is 3. The van der Waals surface area contributed by atoms with Gasteiger partial charge in [-0.1, -0.05) is 18.7 Å². The van der Waals surface area contributed by atoms with E-state index in [1.165, 1.54) is 5.56 Å². The molecule has 0 bridgehead atoms. The summed E-state index contributed by atoms with van der Waals surface area (Å²) in [5.41, 5.74) is 4.83. The van der Waals surface area contributed by atoms with E-state index in [9.17, 15) is 4.79 Å². The first-order valence-corrected chi connectivity index (χ1v) is 9.08. The minimum Gasteiger partial charge on any atom is -0.493 e. The van der Waals surface area contributed by atoms with Gasteiger partial charge in [-0.3, -0.25) is 9.13 Å². The van der Waals surface area contributed by atoms with E-state index < -0.39 is 0 Å². The first-order valence-electron chi connectivity index (χ1n) is 9.08. The molecule has 27 heavy (non-hydrogen) atoms. The SMILES string of the molecule is C=C(C)n1c(=O)n(CCCOc2ccccc2OC)c2cc(C)c(C)cc21. The van der Waals surface area contributed by atoms with Gasteiger partial charge in [-0.05, 0) is 62.6 Å². The maximum atomic E-state index is 12.9. The highest BCUT2D eigenvalue weighted by Crippen LogP contribution is 2.26. The molecule has 0 spiro atoms. The molecule has 3 rings (SSSR count). The largest absolute Gasteiger partial charge is 0.493 e. The van der Waals surface area contributed by atoms with Gasteiger partial charge in [0.25, 0.3) is 0 Å². The maximum Gasteiger partial charge on any atom is 0.333 e. The fourth-order valence-electron chi connectivity index (χ4n) is 3.24. The standard InChI is InChI=1S/C22H26N2O3/c1-15(2)24-19-14-17(4)16(3)13-18(19)23(22(24)25)11-8-12-27-21-10-7-6-9-20(21)26-5/h6-7,9-10,13-14H,1,8,11-12H2,2-5H3. The molecule has 0 aliphatic rings. The number of hydrogen-bond acceptors (Lipinski definition) is 3. The van der Waals surface area contributed by atoms with Gasteiger partial charge in [0.15, 0.2) is 11.5 Å². The van der Waals surface area contributed by atoms with Crippen molar-refractivity contribution in [3.63, 3.8) is 0 Å². The van der Waals surface area contributed by atoms with E-state index in [0.29, 0.717) is 31.1 Å². The predicted octanol–water partition coefficient (Wildman–Crippen LogP) is 4.39. The first kappa shape index (κ1) is 18.8. The van der Waals surface area contributed by atoms with Gasteiger partial charge in [-0.2, -0.15) is 0 Å². The highest BCUT2D eigenvalue weighted by molar-refractivity contribution is 5.81. The van der Waals surface area contributed by atoms with Crippen molar-refractivity contribution in [2.75, 3.05) is 13.7 Å². The number of rotatable bonds is 7. The third-order valence-corrected chi connectivity index (χ3v) is 4.78. The Hall–Kier alpha value is -2.95. The molecule has 1 heterocycles. The van der Waals surface area contributed by atoms with Gasteiger partial charge in [0.1, 0.15) is 0 Å². The highest BCUT2D eigenvalue weighted by atomic mass is 16.5. The van der Waals surface area contributed by atoms with Gasteiger partial charge < -0.3 is 9.47 Å². The van der Waals surface area contributed by atoms with Gasteiger partial charge in [0.2, 0.25) is 0 Å². The molecule has 5 heteroatoms. The van der Waals surface area contributed by atoms with Gasteiger partial charge in [-0.15, -0.1) is 0 Å². The summed E-state index contributed by atoms with van der Waals surface area (Å²) in [6, 6.07) is 11.7. The molecule has 0 atom stereocenters. The van der Waals surface area contributed by atoms with Crippen molar-refractivity contribution in [1.29, 1.82) is 0 Å². The molecular weight excluding hydrogens is 340 g/mol. The second-order valence-electron chi connectivity index (χ2n) is 6.78. The smallest absolute Gasteiger partial charge is 0.333 e. The van der Waals surface area contributed by atoms with Crippen LogP contribution in [0.1, 0.15) is 24.5 Å². The Labute approximate surface area is 159 Å². The van der Waals surface area contributed by atoms with Gasteiger partial charge in [0, 0.05) is 12.2 Å². The minimum atomic E-state index is -0.0557. The molecule has 0 amide bonds. The molecule has 1 aromatic heterocycles. The Morgan fingerprint density at radius 1 is 1.07 bits per heavy atom. The van der Waals surface area contributed by atoms with Crippen molar-refractivity contribution >= 4 is 16.7 Å². The van der Waals surface area contributed by atoms with Crippen LogP contribution in [0.15, 0.2) is 47.8 Å². The summed E-state index contributed by atoms with van der Waals surface area (Å²) in [5.74, 6) is 1.42. The van der Waals surface area contributed by atoms with Crippen LogP contribution in [-0.4, -0.2) is 22.9 Å². The third kappa shape index (κ3) is 3.63. The van der Waals surface area contributed by atoms with Crippen molar-refractivity contribution in [1.82, 2.24) is 9.13 Å². The van der Waals surface area contributed by atoms with Crippen LogP contribution in [-0.2, 0) is 6.54 Å². The molecule has 2 aromatic carbocycles. The predicted molar refractivity (Wildman–Crippen MR) is 110 cm³/mol. The molecule has 0 unspecified atom stereocenters. The zero-order chi connectivity index (χ0) is 19.6. The molecule has 0 N–H and O–H groups in total. The third-order valence-electron chi connectivity index (χ3n) is 4.78. The Morgan fingerprint density at radius 3 is 2.33 bits per heavy atom. The molecule has 0 radical (unpaired) electrons. The number of para-hydroxylation sites is 2. The van der Waals surface area contributed by atoms with Gasteiger partial charge >= 0.3 is 5.69 Å². The lowest BCUT2D eigenvalue weighted by molar-refractivity contribution is 0.282. The summed E-state index contributed by atoms with van der Waals surface area (Å²) in [6.07, 6.45) is 0.709. The number of imidazole rings is 1. The number of benzene rings is 2. The zero-order valence-electron chi connectivity index (χ0n) is 16.4. The lowest BCUT2D eigenvalue weighted by Crippen LogP contribution is -2.23. The second kappa shape index (κ2) is 7.74. The van der Waals surface area contributed by atoms with E-state index in [4.69, 9.17) is 9.47 Å². The molecule has 142 valence electrons. The molecule has 0 saturated carbocycles. The Bertz CT molecular complexity index is 1040. The van der Waals surface area contributed by atoms with E-state index in [0.717, 1.165) is 22.3 Å². The average molecular weight is 366 g/mol. The summed E-state index contributed by atoms with van der Waals surface area (Å²) < 4.78 is 14.6. The molecule has 3 aromatic rings. The fraction of sp³-hybridized carbons (Fsp3) is 0.318. The summed E-state index contributed by atoms with van der Waals surface area (Å²) in [5, 5.41) is 0. The summed E-state index contributed by atoms with van der Waals surface area (Å²) in [4.78, 5) is 12.9. The molecule has 0 fully saturated rings. The van der Waals surface area contributed by atoms with Crippen LogP contribution < -0.4 is 15.2 Å². The molecular formula is C22H26N2O3. The van der Waals surface area contributed by atoms with E-state index in [-0.39, 0.29) is 5.69 Å². The van der Waals surface area contributed by atoms with Crippen LogP contribution in [0.2, 0.25) is 0 Å². The second-order valence-corrected chi connectivity index (χ2v) is 6.78. The first-order chi connectivity index (χ1) is 12.9. The number of hydrogen-bond donors (Lipinski definition) is 0. The van der Waals surface area contributed by atoms with Crippen LogP contribution in [0.3, 0.4) is 0 Å². The van der Waals surface area contributed by atoms with Crippen LogP contribution in [0, 0.1) is 13.8 Å². The number of fused-ring (bicyclic) bond motifs is 1. The number of nitrogens with zero attached hydrogens (tertiary/aromatic N) is 2. The van der Waals surface area contributed by atoms with Crippen molar-refractivity contribution in [3.8, 4) is 11.5 Å². The van der Waals surface area contributed by atoms with E-state index in [2.05, 4.69) is 32.6 Å². The van der Waals surface area contributed by atoms with E-state index >= 15 is 0 Å². The fourth-order valence-corrected chi connectivity index (χ4v) is 3.24. The van der Waals surface area contributed by atoms with Crippen molar-refractivity contribution in [2.24, 2.45) is 0 Å². The minimum absolute atomic E-state index is 0.0557. The average Bonchev–Trinajstić information content (AvgIpc) is 2.90. The highest BCUT2D eigenvalue weighted by Gasteiger charge is 2.15. The zero-order valence-corrected chi connectivity index (χ0v) is 16.4. The molecule has 5 nitrogen and oxygen atoms in total. The van der Waals surface area contributed by atoms with Crippen LogP contribution in [0.5, 0.6) is 11.5 Å². The maximum absolute atomic E-state index is 12.9. The van der Waals surface area contributed by atoms with Gasteiger partial charge in [-0.25, -0.2) is 4.79 Å². The lowest BCUT2D eigenvalue weighted by Gasteiger charge is -2.10. The lowest BCUT2D eigenvalue weighted by atomic mass is 10.1. The summed E-state index contributed by atoms with van der Waals surface area (Å²) in [6.45, 7) is 11.0. The van der Waals surface area contributed by atoms with E-state index in [1.807, 2.05) is 35.8 Å². The topological polar surface area (TPSA) is 45.4 Å². The number of methoxy groups -OCH3 is 1. The van der Waals surface area contributed by atoms with Crippen LogP contribution >= 0.6 is 0 Å². The van der Waals surface area contributed by atoms with Crippen molar-refractivity contribution in [2.45, 2.75) is 33.7 Å².